The second kappa shape index (κ2) is 7.77. The van der Waals surface area contributed by atoms with Gasteiger partial charge in [0.1, 0.15) is 0 Å². The molecule has 1 fully saturated rings. The van der Waals surface area contributed by atoms with Crippen LogP contribution < -0.4 is 5.32 Å². The molecule has 0 saturated carbocycles. The SMILES string of the molecule is CC(C)c1noc(NCc2ccccc2CN2CCCC2CO)n1. The number of nitrogens with zero attached hydrogens (tertiary/aromatic N) is 3. The zero-order chi connectivity index (χ0) is 16.9. The van der Waals surface area contributed by atoms with Gasteiger partial charge in [-0.2, -0.15) is 4.98 Å². The van der Waals surface area contributed by atoms with Crippen molar-refractivity contribution >= 4 is 6.01 Å². The second-order valence-corrected chi connectivity index (χ2v) is 6.68. The van der Waals surface area contributed by atoms with Crippen molar-refractivity contribution in [2.45, 2.75) is 51.7 Å². The topological polar surface area (TPSA) is 74.4 Å². The maximum Gasteiger partial charge on any atom is 0.321 e. The maximum atomic E-state index is 9.50. The van der Waals surface area contributed by atoms with Gasteiger partial charge >= 0.3 is 6.01 Å². The Bertz CT molecular complexity index is 656. The summed E-state index contributed by atoms with van der Waals surface area (Å²) < 4.78 is 5.24. The van der Waals surface area contributed by atoms with Crippen LogP contribution in [0, 0.1) is 0 Å². The highest BCUT2D eigenvalue weighted by Gasteiger charge is 2.24. The van der Waals surface area contributed by atoms with Crippen molar-refractivity contribution in [2.24, 2.45) is 0 Å². The van der Waals surface area contributed by atoms with Gasteiger partial charge in [-0.05, 0) is 30.5 Å². The summed E-state index contributed by atoms with van der Waals surface area (Å²) in [6.07, 6.45) is 2.24. The number of hydrogen-bond acceptors (Lipinski definition) is 6. The number of benzene rings is 1. The predicted octanol–water partition coefficient (Wildman–Crippen LogP) is 2.76. The Morgan fingerprint density at radius 1 is 1.33 bits per heavy atom. The second-order valence-electron chi connectivity index (χ2n) is 6.68. The first kappa shape index (κ1) is 16.9. The number of rotatable bonds is 7. The van der Waals surface area contributed by atoms with Gasteiger partial charge in [0.15, 0.2) is 5.82 Å². The first-order valence-corrected chi connectivity index (χ1v) is 8.66. The Morgan fingerprint density at radius 3 is 2.83 bits per heavy atom. The summed E-state index contributed by atoms with van der Waals surface area (Å²) in [7, 11) is 0. The van der Waals surface area contributed by atoms with E-state index in [0.717, 1.165) is 25.9 Å². The van der Waals surface area contributed by atoms with Gasteiger partial charge in [-0.15, -0.1) is 0 Å². The van der Waals surface area contributed by atoms with E-state index >= 15 is 0 Å². The third-order valence-corrected chi connectivity index (χ3v) is 4.59. The van der Waals surface area contributed by atoms with Crippen molar-refractivity contribution in [2.75, 3.05) is 18.5 Å². The number of aliphatic hydroxyl groups excluding tert-OH is 1. The lowest BCUT2D eigenvalue weighted by atomic mass is 10.1. The van der Waals surface area contributed by atoms with Crippen molar-refractivity contribution in [1.82, 2.24) is 15.0 Å². The molecule has 2 heterocycles. The van der Waals surface area contributed by atoms with Gasteiger partial charge in [0.25, 0.3) is 0 Å². The summed E-state index contributed by atoms with van der Waals surface area (Å²) in [5.41, 5.74) is 2.49. The summed E-state index contributed by atoms with van der Waals surface area (Å²) in [5, 5.41) is 16.7. The zero-order valence-corrected chi connectivity index (χ0v) is 14.4. The Hall–Kier alpha value is -1.92. The van der Waals surface area contributed by atoms with E-state index in [9.17, 15) is 5.11 Å². The molecule has 2 aromatic rings. The Labute approximate surface area is 142 Å². The molecule has 1 unspecified atom stereocenters. The molecule has 0 amide bonds. The molecule has 0 bridgehead atoms. The van der Waals surface area contributed by atoms with Crippen molar-refractivity contribution in [3.8, 4) is 0 Å². The normalized spacial score (nSPS) is 18.4. The van der Waals surface area contributed by atoms with Gasteiger partial charge < -0.3 is 14.9 Å². The standard InChI is InChI=1S/C18H26N4O2/c1-13(2)17-20-18(24-21-17)19-10-14-6-3-4-7-15(14)11-22-9-5-8-16(22)12-23/h3-4,6-7,13,16,23H,5,8-12H2,1-2H3,(H,19,20,21). The molecule has 1 aromatic carbocycles. The molecule has 1 saturated heterocycles. The molecule has 3 rings (SSSR count). The molecule has 6 nitrogen and oxygen atoms in total. The third-order valence-electron chi connectivity index (χ3n) is 4.59. The van der Waals surface area contributed by atoms with Crippen LogP contribution in [0.1, 0.15) is 49.6 Å². The molecular weight excluding hydrogens is 304 g/mol. The van der Waals surface area contributed by atoms with Gasteiger partial charge in [-0.25, -0.2) is 0 Å². The van der Waals surface area contributed by atoms with Gasteiger partial charge in [-0.3, -0.25) is 4.90 Å². The maximum absolute atomic E-state index is 9.50. The summed E-state index contributed by atoms with van der Waals surface area (Å²) in [6, 6.07) is 9.12. The van der Waals surface area contributed by atoms with Crippen LogP contribution in [0.4, 0.5) is 6.01 Å². The minimum absolute atomic E-state index is 0.236. The monoisotopic (exact) mass is 330 g/mol. The zero-order valence-electron chi connectivity index (χ0n) is 14.4. The van der Waals surface area contributed by atoms with Crippen LogP contribution in [0.15, 0.2) is 28.8 Å². The van der Waals surface area contributed by atoms with Crippen LogP contribution in [0.2, 0.25) is 0 Å². The molecule has 24 heavy (non-hydrogen) atoms. The average Bonchev–Trinajstić information content (AvgIpc) is 3.23. The number of likely N-dealkylation sites (tertiary alicyclic amines) is 1. The van der Waals surface area contributed by atoms with Gasteiger partial charge in [0, 0.05) is 25.0 Å². The van der Waals surface area contributed by atoms with Crippen molar-refractivity contribution < 1.29 is 9.63 Å². The van der Waals surface area contributed by atoms with Crippen LogP contribution >= 0.6 is 0 Å². The van der Waals surface area contributed by atoms with E-state index in [1.807, 2.05) is 19.9 Å². The number of hydrogen-bond donors (Lipinski definition) is 2. The minimum Gasteiger partial charge on any atom is -0.395 e. The lowest BCUT2D eigenvalue weighted by molar-refractivity contribution is 0.153. The highest BCUT2D eigenvalue weighted by Crippen LogP contribution is 2.22. The fourth-order valence-electron chi connectivity index (χ4n) is 3.13. The number of aromatic nitrogens is 2. The molecule has 1 atom stereocenters. The van der Waals surface area contributed by atoms with Crippen LogP contribution in [0.5, 0.6) is 0 Å². The quantitative estimate of drug-likeness (QED) is 0.813. The summed E-state index contributed by atoms with van der Waals surface area (Å²) in [6.45, 7) is 6.88. The Balaban J connectivity index is 1.65. The van der Waals surface area contributed by atoms with E-state index in [-0.39, 0.29) is 18.6 Å². The highest BCUT2D eigenvalue weighted by molar-refractivity contribution is 5.31. The Morgan fingerprint density at radius 2 is 2.12 bits per heavy atom. The fraction of sp³-hybridized carbons (Fsp3) is 0.556. The average molecular weight is 330 g/mol. The van der Waals surface area contributed by atoms with Crippen LogP contribution in [0.25, 0.3) is 0 Å². The smallest absolute Gasteiger partial charge is 0.321 e. The van der Waals surface area contributed by atoms with Crippen LogP contribution in [0.3, 0.4) is 0 Å². The van der Waals surface area contributed by atoms with Crippen molar-refractivity contribution in [1.29, 1.82) is 0 Å². The molecule has 2 N–H and O–H groups in total. The lowest BCUT2D eigenvalue weighted by Crippen LogP contribution is -2.32. The van der Waals surface area contributed by atoms with E-state index in [0.29, 0.717) is 18.4 Å². The molecule has 6 heteroatoms. The van der Waals surface area contributed by atoms with Gasteiger partial charge in [0.2, 0.25) is 0 Å². The van der Waals surface area contributed by atoms with Crippen molar-refractivity contribution in [3.63, 3.8) is 0 Å². The third kappa shape index (κ3) is 3.94. The molecule has 1 aliphatic heterocycles. The fourth-order valence-corrected chi connectivity index (χ4v) is 3.13. The van der Waals surface area contributed by atoms with E-state index in [1.54, 1.807) is 0 Å². The summed E-state index contributed by atoms with van der Waals surface area (Å²) >= 11 is 0. The van der Waals surface area contributed by atoms with Crippen LogP contribution in [-0.4, -0.2) is 39.3 Å². The number of aliphatic hydroxyl groups is 1. The molecule has 1 aromatic heterocycles. The molecule has 0 aliphatic carbocycles. The van der Waals surface area contributed by atoms with E-state index in [2.05, 4.69) is 38.6 Å². The number of nitrogens with one attached hydrogen (secondary N) is 1. The molecule has 1 aliphatic rings. The van der Waals surface area contributed by atoms with E-state index in [1.165, 1.54) is 11.1 Å². The molecule has 0 spiro atoms. The van der Waals surface area contributed by atoms with Crippen molar-refractivity contribution in [3.05, 3.63) is 41.2 Å². The molecular formula is C18H26N4O2. The molecule has 130 valence electrons. The Kier molecular flexibility index (Phi) is 5.48. The highest BCUT2D eigenvalue weighted by atomic mass is 16.5. The predicted molar refractivity (Wildman–Crippen MR) is 92.7 cm³/mol. The first-order valence-electron chi connectivity index (χ1n) is 8.66. The summed E-state index contributed by atoms with van der Waals surface area (Å²) in [5.74, 6) is 0.968. The largest absolute Gasteiger partial charge is 0.395 e. The van der Waals surface area contributed by atoms with E-state index < -0.39 is 0 Å². The van der Waals surface area contributed by atoms with Crippen LogP contribution in [-0.2, 0) is 13.1 Å². The lowest BCUT2D eigenvalue weighted by Gasteiger charge is -2.24. The number of anilines is 1. The van der Waals surface area contributed by atoms with E-state index in [4.69, 9.17) is 4.52 Å². The van der Waals surface area contributed by atoms with Gasteiger partial charge in [-0.1, -0.05) is 43.3 Å². The summed E-state index contributed by atoms with van der Waals surface area (Å²) in [4.78, 5) is 6.71. The van der Waals surface area contributed by atoms with Gasteiger partial charge in [0.05, 0.1) is 6.61 Å². The first-order chi connectivity index (χ1) is 11.7. The minimum atomic E-state index is 0.236. The molecule has 0 radical (unpaired) electrons.